The molecule has 0 aliphatic carbocycles. The molecule has 0 N–H and O–H groups in total. The van der Waals surface area contributed by atoms with Crippen LogP contribution in [0.25, 0.3) is 0 Å². The number of hydrogen-bond acceptors (Lipinski definition) is 1. The minimum atomic E-state index is 0.812. The summed E-state index contributed by atoms with van der Waals surface area (Å²) in [6.07, 6.45) is 9.78. The zero-order chi connectivity index (χ0) is 12.2. The molecule has 98 valence electrons. The van der Waals surface area contributed by atoms with Crippen molar-refractivity contribution < 1.29 is 0 Å². The third-order valence-corrected chi connectivity index (χ3v) is 2.99. The van der Waals surface area contributed by atoms with Crippen LogP contribution in [0.3, 0.4) is 0 Å². The van der Waals surface area contributed by atoms with Gasteiger partial charge < -0.3 is 4.90 Å². The van der Waals surface area contributed by atoms with E-state index in [0.717, 1.165) is 5.92 Å². The van der Waals surface area contributed by atoms with Gasteiger partial charge in [-0.1, -0.05) is 59.8 Å². The Morgan fingerprint density at radius 3 is 1.94 bits per heavy atom. The molecule has 0 aromatic rings. The van der Waals surface area contributed by atoms with Gasteiger partial charge in [0.05, 0.1) is 0 Å². The van der Waals surface area contributed by atoms with Crippen molar-refractivity contribution in [3.05, 3.63) is 0 Å². The fraction of sp³-hybridized carbons (Fsp3) is 1.00. The standard InChI is InChI=1S/C15H33N/c1-5-7-8-9-10-11-13-16(12-6-2)14-15(3)4/h15H,5-14H2,1-4H3. The van der Waals surface area contributed by atoms with Gasteiger partial charge in [0.15, 0.2) is 0 Å². The summed E-state index contributed by atoms with van der Waals surface area (Å²) in [7, 11) is 0. The summed E-state index contributed by atoms with van der Waals surface area (Å²) in [5, 5.41) is 0. The number of unbranched alkanes of at least 4 members (excludes halogenated alkanes) is 5. The maximum absolute atomic E-state index is 2.64. The molecule has 0 fully saturated rings. The molecule has 0 spiro atoms. The fourth-order valence-electron chi connectivity index (χ4n) is 2.24. The number of nitrogens with zero attached hydrogens (tertiary/aromatic N) is 1. The average Bonchev–Trinajstić information content (AvgIpc) is 2.22. The van der Waals surface area contributed by atoms with E-state index < -0.39 is 0 Å². The molecule has 0 amide bonds. The topological polar surface area (TPSA) is 3.24 Å². The lowest BCUT2D eigenvalue weighted by Gasteiger charge is -2.23. The third kappa shape index (κ3) is 10.5. The largest absolute Gasteiger partial charge is 0.303 e. The molecule has 0 aliphatic heterocycles. The van der Waals surface area contributed by atoms with E-state index in [4.69, 9.17) is 0 Å². The van der Waals surface area contributed by atoms with Crippen LogP contribution in [-0.4, -0.2) is 24.5 Å². The van der Waals surface area contributed by atoms with E-state index in [-0.39, 0.29) is 0 Å². The van der Waals surface area contributed by atoms with E-state index in [2.05, 4.69) is 32.6 Å². The molecule has 0 aromatic carbocycles. The van der Waals surface area contributed by atoms with E-state index in [0.29, 0.717) is 0 Å². The molecule has 0 aliphatic rings. The molecular formula is C15H33N. The molecule has 0 saturated heterocycles. The Morgan fingerprint density at radius 1 is 0.750 bits per heavy atom. The second-order valence-corrected chi connectivity index (χ2v) is 5.46. The van der Waals surface area contributed by atoms with Crippen LogP contribution in [0.15, 0.2) is 0 Å². The molecule has 0 saturated carbocycles. The Labute approximate surface area is 104 Å². The van der Waals surface area contributed by atoms with Crippen molar-refractivity contribution in [1.82, 2.24) is 4.90 Å². The SMILES string of the molecule is CCCCCCCCN(CCC)CC(C)C. The summed E-state index contributed by atoms with van der Waals surface area (Å²) in [6, 6.07) is 0. The van der Waals surface area contributed by atoms with Gasteiger partial charge in [-0.2, -0.15) is 0 Å². The van der Waals surface area contributed by atoms with E-state index in [1.165, 1.54) is 64.6 Å². The summed E-state index contributed by atoms with van der Waals surface area (Å²) in [4.78, 5) is 2.64. The summed E-state index contributed by atoms with van der Waals surface area (Å²) in [6.45, 7) is 13.1. The van der Waals surface area contributed by atoms with E-state index in [1.807, 2.05) is 0 Å². The monoisotopic (exact) mass is 227 g/mol. The second kappa shape index (κ2) is 11.4. The third-order valence-electron chi connectivity index (χ3n) is 2.99. The molecule has 0 radical (unpaired) electrons. The van der Waals surface area contributed by atoms with Gasteiger partial charge in [0, 0.05) is 6.54 Å². The first-order valence-electron chi connectivity index (χ1n) is 7.43. The van der Waals surface area contributed by atoms with Crippen molar-refractivity contribution in [2.24, 2.45) is 5.92 Å². The van der Waals surface area contributed by atoms with Crippen LogP contribution in [0.5, 0.6) is 0 Å². The van der Waals surface area contributed by atoms with E-state index in [1.54, 1.807) is 0 Å². The molecule has 0 aromatic heterocycles. The van der Waals surface area contributed by atoms with Gasteiger partial charge in [0.1, 0.15) is 0 Å². The average molecular weight is 227 g/mol. The van der Waals surface area contributed by atoms with Gasteiger partial charge in [0.25, 0.3) is 0 Å². The zero-order valence-electron chi connectivity index (χ0n) is 12.1. The quantitative estimate of drug-likeness (QED) is 0.462. The molecular weight excluding hydrogens is 194 g/mol. The van der Waals surface area contributed by atoms with Crippen LogP contribution in [0.4, 0.5) is 0 Å². The van der Waals surface area contributed by atoms with Crippen LogP contribution in [0.2, 0.25) is 0 Å². The summed E-state index contributed by atoms with van der Waals surface area (Å²) in [5.74, 6) is 0.812. The normalized spacial score (nSPS) is 11.6. The van der Waals surface area contributed by atoms with Gasteiger partial charge in [-0.25, -0.2) is 0 Å². The van der Waals surface area contributed by atoms with Crippen LogP contribution < -0.4 is 0 Å². The van der Waals surface area contributed by atoms with Crippen molar-refractivity contribution in [1.29, 1.82) is 0 Å². The van der Waals surface area contributed by atoms with Gasteiger partial charge in [-0.05, 0) is 31.8 Å². The maximum Gasteiger partial charge on any atom is 0.000438 e. The zero-order valence-corrected chi connectivity index (χ0v) is 12.1. The fourth-order valence-corrected chi connectivity index (χ4v) is 2.24. The van der Waals surface area contributed by atoms with Crippen molar-refractivity contribution in [3.63, 3.8) is 0 Å². The summed E-state index contributed by atoms with van der Waals surface area (Å²) >= 11 is 0. The molecule has 16 heavy (non-hydrogen) atoms. The van der Waals surface area contributed by atoms with Gasteiger partial charge >= 0.3 is 0 Å². The molecule has 1 heteroatoms. The van der Waals surface area contributed by atoms with Gasteiger partial charge in [-0.3, -0.25) is 0 Å². The highest BCUT2D eigenvalue weighted by Crippen LogP contribution is 2.07. The van der Waals surface area contributed by atoms with Crippen LogP contribution >= 0.6 is 0 Å². The lowest BCUT2D eigenvalue weighted by molar-refractivity contribution is 0.239. The number of rotatable bonds is 11. The van der Waals surface area contributed by atoms with Crippen LogP contribution in [0, 0.1) is 5.92 Å². The highest BCUT2D eigenvalue weighted by molar-refractivity contribution is 4.60. The number of hydrogen-bond donors (Lipinski definition) is 0. The van der Waals surface area contributed by atoms with Crippen LogP contribution in [0.1, 0.15) is 72.6 Å². The Kier molecular flexibility index (Phi) is 11.4. The maximum atomic E-state index is 2.64. The summed E-state index contributed by atoms with van der Waals surface area (Å²) < 4.78 is 0. The minimum absolute atomic E-state index is 0.812. The van der Waals surface area contributed by atoms with Crippen LogP contribution in [-0.2, 0) is 0 Å². The summed E-state index contributed by atoms with van der Waals surface area (Å²) in [5.41, 5.74) is 0. The molecule has 0 bridgehead atoms. The minimum Gasteiger partial charge on any atom is -0.303 e. The Morgan fingerprint density at radius 2 is 1.38 bits per heavy atom. The Bertz CT molecular complexity index is 131. The highest BCUT2D eigenvalue weighted by Gasteiger charge is 2.05. The highest BCUT2D eigenvalue weighted by atomic mass is 15.1. The molecule has 0 heterocycles. The van der Waals surface area contributed by atoms with Crippen molar-refractivity contribution in [2.45, 2.75) is 72.6 Å². The van der Waals surface area contributed by atoms with Gasteiger partial charge in [0.2, 0.25) is 0 Å². The second-order valence-electron chi connectivity index (χ2n) is 5.46. The lowest BCUT2D eigenvalue weighted by Crippen LogP contribution is -2.29. The van der Waals surface area contributed by atoms with Gasteiger partial charge in [-0.15, -0.1) is 0 Å². The van der Waals surface area contributed by atoms with Crippen molar-refractivity contribution >= 4 is 0 Å². The first-order valence-corrected chi connectivity index (χ1v) is 7.43. The van der Waals surface area contributed by atoms with Crippen molar-refractivity contribution in [3.8, 4) is 0 Å². The predicted molar refractivity (Wildman–Crippen MR) is 74.9 cm³/mol. The first-order chi connectivity index (χ1) is 7.70. The molecule has 1 nitrogen and oxygen atoms in total. The predicted octanol–water partition coefficient (Wildman–Crippen LogP) is 4.71. The smallest absolute Gasteiger partial charge is 0.000438 e. The first kappa shape index (κ1) is 16.0. The van der Waals surface area contributed by atoms with Crippen molar-refractivity contribution in [2.75, 3.05) is 19.6 Å². The molecule has 0 unspecified atom stereocenters. The van der Waals surface area contributed by atoms with E-state index in [9.17, 15) is 0 Å². The Balaban J connectivity index is 3.44. The Hall–Kier alpha value is -0.0400. The lowest BCUT2D eigenvalue weighted by atomic mass is 10.1. The molecule has 0 atom stereocenters. The van der Waals surface area contributed by atoms with E-state index >= 15 is 0 Å². The molecule has 0 rings (SSSR count).